The maximum absolute atomic E-state index is 6.47. The van der Waals surface area contributed by atoms with Crippen LogP contribution in [0.3, 0.4) is 0 Å². The Morgan fingerprint density at radius 1 is 0.833 bits per heavy atom. The van der Waals surface area contributed by atoms with E-state index >= 15 is 0 Å². The standard InChI is InChI=1S/Ba.2ClHO.Na.3H/c;2*1-2;;;;/h;2*2H;;;;. The summed E-state index contributed by atoms with van der Waals surface area (Å²) in [5.41, 5.74) is 0. The summed E-state index contributed by atoms with van der Waals surface area (Å²) in [6.45, 7) is 0. The van der Waals surface area contributed by atoms with Crippen LogP contribution < -0.4 is 0 Å². The van der Waals surface area contributed by atoms with Crippen LogP contribution in [0.4, 0.5) is 0 Å². The maximum atomic E-state index is 6.47. The summed E-state index contributed by atoms with van der Waals surface area (Å²) >= 11 is 7.28. The normalized spacial score (nSPS) is 2.00. The molecule has 0 aliphatic heterocycles. The van der Waals surface area contributed by atoms with Gasteiger partial charge in [-0.2, -0.15) is 0 Å². The van der Waals surface area contributed by atoms with E-state index in [9.17, 15) is 0 Å². The molecule has 34 valence electrons. The van der Waals surface area contributed by atoms with Crippen LogP contribution in [-0.2, 0) is 0 Å². The third kappa shape index (κ3) is 27.6. The van der Waals surface area contributed by atoms with Crippen molar-refractivity contribution < 1.29 is 9.32 Å². The fourth-order valence-corrected chi connectivity index (χ4v) is 0. The zero-order valence-corrected chi connectivity index (χ0v) is 3.16. The molecule has 0 aliphatic carbocycles. The number of rotatable bonds is 0. The third-order valence-corrected chi connectivity index (χ3v) is 0. The van der Waals surface area contributed by atoms with E-state index in [1.54, 1.807) is 0 Å². The molecule has 0 rings (SSSR count). The van der Waals surface area contributed by atoms with Gasteiger partial charge in [0.1, 0.15) is 0 Å². The molecule has 0 saturated carbocycles. The predicted octanol–water partition coefficient (Wildman–Crippen LogP) is -1.30. The molecule has 0 atom stereocenters. The molecule has 0 bridgehead atoms. The van der Waals surface area contributed by atoms with Gasteiger partial charge in [0.25, 0.3) is 0 Å². The summed E-state index contributed by atoms with van der Waals surface area (Å²) in [7, 11) is 0. The van der Waals surface area contributed by atoms with Gasteiger partial charge in [0.15, 0.2) is 0 Å². The summed E-state index contributed by atoms with van der Waals surface area (Å²) in [5, 5.41) is 0. The molecule has 2 nitrogen and oxygen atoms in total. The monoisotopic (exact) mass is 268 g/mol. The number of hydrogen-bond acceptors (Lipinski definition) is 2. The molecule has 0 radical (unpaired) electrons. The molecule has 0 unspecified atom stereocenters. The molecule has 0 aromatic rings. The summed E-state index contributed by atoms with van der Waals surface area (Å²) in [6.07, 6.45) is 0. The van der Waals surface area contributed by atoms with Crippen molar-refractivity contribution >= 4 is 102 Å². The van der Waals surface area contributed by atoms with Gasteiger partial charge in [0.05, 0.1) is 23.7 Å². The van der Waals surface area contributed by atoms with Crippen LogP contribution in [0.25, 0.3) is 0 Å². The van der Waals surface area contributed by atoms with E-state index in [4.69, 9.17) is 9.32 Å². The first-order chi connectivity index (χ1) is 2.00. The van der Waals surface area contributed by atoms with E-state index in [1.807, 2.05) is 0 Å². The van der Waals surface area contributed by atoms with Gasteiger partial charge in [-0.25, -0.2) is 0 Å². The fraction of sp³-hybridized carbons (Fsp3) is 0. The van der Waals surface area contributed by atoms with Crippen LogP contribution in [-0.4, -0.2) is 87.8 Å². The van der Waals surface area contributed by atoms with Gasteiger partial charge in [-0.1, -0.05) is 0 Å². The van der Waals surface area contributed by atoms with Gasteiger partial charge in [-0.05, 0) is 0 Å². The Morgan fingerprint density at radius 2 is 0.833 bits per heavy atom. The first-order valence-electron chi connectivity index (χ1n) is 0.338. The van der Waals surface area contributed by atoms with Crippen molar-refractivity contribution in [2.24, 2.45) is 0 Å². The molecule has 0 amide bonds. The van der Waals surface area contributed by atoms with E-state index in [0.29, 0.717) is 0 Å². The number of hydrogen-bond donors (Lipinski definition) is 2. The van der Waals surface area contributed by atoms with E-state index < -0.39 is 0 Å². The number of halogens is 2. The molecule has 0 saturated heterocycles. The first-order valence-corrected chi connectivity index (χ1v) is 1.01. The molecule has 0 aromatic heterocycles. The SMILES string of the molecule is OCl.OCl.[BaH2].[NaH]. The molecule has 0 aromatic carbocycles. The zero-order chi connectivity index (χ0) is 4.00. The summed E-state index contributed by atoms with van der Waals surface area (Å²) in [6, 6.07) is 0. The van der Waals surface area contributed by atoms with Crippen LogP contribution in [0.2, 0.25) is 0 Å². The van der Waals surface area contributed by atoms with E-state index in [1.165, 1.54) is 0 Å². The average molecular weight is 268 g/mol. The molecule has 0 spiro atoms. The van der Waals surface area contributed by atoms with Gasteiger partial charge in [0, 0.05) is 0 Å². The van der Waals surface area contributed by atoms with Crippen molar-refractivity contribution in [2.75, 3.05) is 0 Å². The Hall–Kier alpha value is 3.07. The van der Waals surface area contributed by atoms with Crippen LogP contribution in [0.5, 0.6) is 0 Å². The van der Waals surface area contributed by atoms with Crippen molar-refractivity contribution in [3.63, 3.8) is 0 Å². The second-order valence-corrected chi connectivity index (χ2v) is 0. The van der Waals surface area contributed by atoms with Gasteiger partial charge in [0.2, 0.25) is 0 Å². The van der Waals surface area contributed by atoms with Gasteiger partial charge in [-0.3, -0.25) is 9.32 Å². The van der Waals surface area contributed by atoms with Crippen molar-refractivity contribution in [3.8, 4) is 0 Å². The first kappa shape index (κ1) is 23.0. The van der Waals surface area contributed by atoms with E-state index in [0.717, 1.165) is 0 Å². The van der Waals surface area contributed by atoms with E-state index in [2.05, 4.69) is 23.7 Å². The van der Waals surface area contributed by atoms with Crippen LogP contribution >= 0.6 is 23.7 Å². The van der Waals surface area contributed by atoms with Crippen LogP contribution in [0.1, 0.15) is 0 Å². The van der Waals surface area contributed by atoms with Crippen molar-refractivity contribution in [2.45, 2.75) is 0 Å². The molecule has 0 heterocycles. The molecule has 0 fully saturated rings. The minimum absolute atomic E-state index is 0. The summed E-state index contributed by atoms with van der Waals surface area (Å²) in [5.74, 6) is 0. The fourth-order valence-electron chi connectivity index (χ4n) is 0. The van der Waals surface area contributed by atoms with Crippen molar-refractivity contribution in [1.82, 2.24) is 0 Å². The van der Waals surface area contributed by atoms with Crippen LogP contribution in [0.15, 0.2) is 0 Å². The van der Waals surface area contributed by atoms with Crippen molar-refractivity contribution in [1.29, 1.82) is 0 Å². The zero-order valence-electron chi connectivity index (χ0n) is 1.65. The molecule has 0 aliphatic rings. The van der Waals surface area contributed by atoms with Gasteiger partial charge in [-0.15, -0.1) is 0 Å². The third-order valence-electron chi connectivity index (χ3n) is 0. The quantitative estimate of drug-likeness (QED) is 0.536. The second kappa shape index (κ2) is 42.8. The van der Waals surface area contributed by atoms with Gasteiger partial charge >= 0.3 is 78.4 Å². The molecular formula is H5BaCl2NaO2. The molecule has 2 N–H and O–H groups in total. The summed E-state index contributed by atoms with van der Waals surface area (Å²) < 4.78 is 12.9. The Morgan fingerprint density at radius 3 is 0.833 bits per heavy atom. The van der Waals surface area contributed by atoms with Gasteiger partial charge < -0.3 is 0 Å². The predicted molar refractivity (Wildman–Crippen MR) is 31.8 cm³/mol. The average Bonchev–Trinajstić information content (AvgIpc) is 1.50. The summed E-state index contributed by atoms with van der Waals surface area (Å²) in [4.78, 5) is 0. The Bertz CT molecular complexity index is 11.5. The Balaban J connectivity index is -0.00000000500. The topological polar surface area (TPSA) is 40.5 Å². The van der Waals surface area contributed by atoms with E-state index in [-0.39, 0.29) is 78.4 Å². The minimum atomic E-state index is 0. The molecule has 6 heavy (non-hydrogen) atoms. The van der Waals surface area contributed by atoms with Crippen molar-refractivity contribution in [3.05, 3.63) is 0 Å². The molecular weight excluding hydrogens is 263 g/mol. The molecule has 6 heteroatoms. The second-order valence-electron chi connectivity index (χ2n) is 0. The Labute approximate surface area is 109 Å². The van der Waals surface area contributed by atoms with Crippen LogP contribution in [0, 0.1) is 0 Å². The Kier molecular flexibility index (Phi) is 164.